The third-order valence-electron chi connectivity index (χ3n) is 3.29. The zero-order chi connectivity index (χ0) is 14.8. The third kappa shape index (κ3) is 3.18. The highest BCUT2D eigenvalue weighted by atomic mass is 19.1. The molecule has 2 heterocycles. The van der Waals surface area contributed by atoms with Gasteiger partial charge in [0.1, 0.15) is 17.5 Å². The number of anilines is 1. The van der Waals surface area contributed by atoms with Crippen molar-refractivity contribution in [2.45, 2.75) is 13.5 Å². The molecule has 1 aromatic heterocycles. The Morgan fingerprint density at radius 2 is 1.86 bits per heavy atom. The van der Waals surface area contributed by atoms with Crippen LogP contribution in [0.15, 0.2) is 48.9 Å². The van der Waals surface area contributed by atoms with E-state index >= 15 is 0 Å². The number of hydrogen-bond donors (Lipinski definition) is 0. The Bertz CT molecular complexity index is 665. The summed E-state index contributed by atoms with van der Waals surface area (Å²) in [7, 11) is 0. The minimum atomic E-state index is -0.551. The third-order valence-corrected chi connectivity index (χ3v) is 3.29. The number of halogens is 2. The summed E-state index contributed by atoms with van der Waals surface area (Å²) in [6, 6.07) is 7.52. The van der Waals surface area contributed by atoms with E-state index < -0.39 is 11.6 Å². The van der Waals surface area contributed by atoms with Gasteiger partial charge in [-0.1, -0.05) is 0 Å². The van der Waals surface area contributed by atoms with Crippen LogP contribution in [0.5, 0.6) is 0 Å². The molecule has 0 saturated carbocycles. The fourth-order valence-electron chi connectivity index (χ4n) is 2.33. The Kier molecular flexibility index (Phi) is 3.56. The van der Waals surface area contributed by atoms with E-state index in [9.17, 15) is 8.78 Å². The van der Waals surface area contributed by atoms with Crippen LogP contribution in [0.25, 0.3) is 0 Å². The summed E-state index contributed by atoms with van der Waals surface area (Å²) in [6.45, 7) is 3.07. The first-order valence-electron chi connectivity index (χ1n) is 6.67. The van der Waals surface area contributed by atoms with E-state index in [0.717, 1.165) is 17.4 Å². The smallest absolute Gasteiger partial charge is 0.134 e. The number of nitrogens with zero attached hydrogens (tertiary/aromatic N) is 3. The van der Waals surface area contributed by atoms with Gasteiger partial charge in [0, 0.05) is 31.2 Å². The zero-order valence-electron chi connectivity index (χ0n) is 11.6. The maximum absolute atomic E-state index is 13.2. The summed E-state index contributed by atoms with van der Waals surface area (Å²) in [5.41, 5.74) is 1.75. The molecule has 0 spiro atoms. The summed E-state index contributed by atoms with van der Waals surface area (Å²) >= 11 is 0. The largest absolute Gasteiger partial charge is 0.354 e. The maximum atomic E-state index is 13.2. The van der Waals surface area contributed by atoms with E-state index in [1.165, 1.54) is 12.1 Å². The van der Waals surface area contributed by atoms with Crippen molar-refractivity contribution in [3.05, 3.63) is 71.7 Å². The lowest BCUT2D eigenvalue weighted by atomic mass is 10.2. The molecule has 108 valence electrons. The molecular weight excluding hydrogens is 272 g/mol. The number of pyridine rings is 1. The molecule has 0 amide bonds. The second-order valence-corrected chi connectivity index (χ2v) is 5.13. The number of aryl methyl sites for hydroxylation is 1. The van der Waals surface area contributed by atoms with Gasteiger partial charge in [-0.25, -0.2) is 13.8 Å². The normalized spacial score (nSPS) is 14.0. The Balaban J connectivity index is 1.69. The van der Waals surface area contributed by atoms with Crippen LogP contribution in [0, 0.1) is 18.6 Å². The molecule has 0 radical (unpaired) electrons. The summed E-state index contributed by atoms with van der Waals surface area (Å²) < 4.78 is 26.4. The Hall–Kier alpha value is -2.43. The Labute approximate surface area is 122 Å². The van der Waals surface area contributed by atoms with Gasteiger partial charge in [-0.3, -0.25) is 0 Å². The number of benzene rings is 1. The van der Waals surface area contributed by atoms with Gasteiger partial charge in [0.25, 0.3) is 0 Å². The van der Waals surface area contributed by atoms with Crippen LogP contribution in [0.4, 0.5) is 14.6 Å². The topological polar surface area (TPSA) is 19.4 Å². The molecule has 2 aromatic rings. The van der Waals surface area contributed by atoms with E-state index in [4.69, 9.17) is 0 Å². The van der Waals surface area contributed by atoms with Gasteiger partial charge in [-0.15, -0.1) is 0 Å². The average molecular weight is 287 g/mol. The molecule has 1 aliphatic heterocycles. The average Bonchev–Trinajstić information content (AvgIpc) is 2.86. The molecular formula is C16H15F2N3. The van der Waals surface area contributed by atoms with E-state index in [-0.39, 0.29) is 0 Å². The van der Waals surface area contributed by atoms with Crippen molar-refractivity contribution in [2.75, 3.05) is 11.6 Å². The van der Waals surface area contributed by atoms with Gasteiger partial charge in [0.05, 0.1) is 6.67 Å². The van der Waals surface area contributed by atoms with Crippen LogP contribution < -0.4 is 4.90 Å². The number of aromatic nitrogens is 1. The van der Waals surface area contributed by atoms with Crippen molar-refractivity contribution in [1.82, 2.24) is 9.88 Å². The molecule has 0 bridgehead atoms. The van der Waals surface area contributed by atoms with E-state index in [0.29, 0.717) is 18.8 Å². The van der Waals surface area contributed by atoms with Crippen LogP contribution in [0.2, 0.25) is 0 Å². The van der Waals surface area contributed by atoms with E-state index in [1.54, 1.807) is 6.20 Å². The standard InChI is InChI=1S/C16H15F2N3/c1-12-2-3-19-16(6-12)21-5-4-20(11-21)10-13-7-14(17)9-15(18)8-13/h2-9H,10-11H2,1H3. The molecule has 0 fully saturated rings. The van der Waals surface area contributed by atoms with Crippen molar-refractivity contribution >= 4 is 5.82 Å². The summed E-state index contributed by atoms with van der Waals surface area (Å²) in [5, 5.41) is 0. The van der Waals surface area contributed by atoms with Crippen LogP contribution in [-0.4, -0.2) is 16.6 Å². The van der Waals surface area contributed by atoms with Crippen molar-refractivity contribution in [2.24, 2.45) is 0 Å². The minimum absolute atomic E-state index is 0.452. The predicted octanol–water partition coefficient (Wildman–Crippen LogP) is 3.42. The van der Waals surface area contributed by atoms with Gasteiger partial charge >= 0.3 is 0 Å². The molecule has 0 unspecified atom stereocenters. The lowest BCUT2D eigenvalue weighted by Crippen LogP contribution is -2.25. The fourth-order valence-corrected chi connectivity index (χ4v) is 2.33. The molecule has 21 heavy (non-hydrogen) atoms. The van der Waals surface area contributed by atoms with Gasteiger partial charge in [-0.2, -0.15) is 0 Å². The highest BCUT2D eigenvalue weighted by molar-refractivity contribution is 5.45. The van der Waals surface area contributed by atoms with Gasteiger partial charge in [-0.05, 0) is 42.3 Å². The van der Waals surface area contributed by atoms with E-state index in [1.807, 2.05) is 41.3 Å². The molecule has 0 atom stereocenters. The Morgan fingerprint density at radius 1 is 1.10 bits per heavy atom. The molecule has 3 nitrogen and oxygen atoms in total. The van der Waals surface area contributed by atoms with E-state index in [2.05, 4.69) is 4.98 Å². The molecule has 0 N–H and O–H groups in total. The van der Waals surface area contributed by atoms with Crippen molar-refractivity contribution in [1.29, 1.82) is 0 Å². The van der Waals surface area contributed by atoms with Gasteiger partial charge < -0.3 is 9.80 Å². The SMILES string of the molecule is Cc1ccnc(N2C=CN(Cc3cc(F)cc(F)c3)C2)c1. The fraction of sp³-hybridized carbons (Fsp3) is 0.188. The predicted molar refractivity (Wildman–Crippen MR) is 77.4 cm³/mol. The van der Waals surface area contributed by atoms with Gasteiger partial charge in [0.2, 0.25) is 0 Å². The lowest BCUT2D eigenvalue weighted by Gasteiger charge is -2.21. The minimum Gasteiger partial charge on any atom is -0.354 e. The summed E-state index contributed by atoms with van der Waals surface area (Å²) in [6.07, 6.45) is 5.58. The van der Waals surface area contributed by atoms with Crippen molar-refractivity contribution < 1.29 is 8.78 Å². The van der Waals surface area contributed by atoms with Crippen molar-refractivity contribution in [3.8, 4) is 0 Å². The quantitative estimate of drug-likeness (QED) is 0.862. The summed E-state index contributed by atoms with van der Waals surface area (Å²) in [4.78, 5) is 8.28. The second kappa shape index (κ2) is 5.52. The highest BCUT2D eigenvalue weighted by Crippen LogP contribution is 2.19. The van der Waals surface area contributed by atoms with Crippen LogP contribution in [-0.2, 0) is 6.54 Å². The molecule has 0 aliphatic carbocycles. The maximum Gasteiger partial charge on any atom is 0.134 e. The monoisotopic (exact) mass is 287 g/mol. The molecule has 1 aromatic carbocycles. The molecule has 1 aliphatic rings. The molecule has 3 rings (SSSR count). The molecule has 5 heteroatoms. The molecule has 0 saturated heterocycles. The summed E-state index contributed by atoms with van der Waals surface area (Å²) in [5.74, 6) is -0.241. The lowest BCUT2D eigenvalue weighted by molar-refractivity contribution is 0.397. The zero-order valence-corrected chi connectivity index (χ0v) is 11.6. The van der Waals surface area contributed by atoms with Crippen LogP contribution >= 0.6 is 0 Å². The van der Waals surface area contributed by atoms with Crippen molar-refractivity contribution in [3.63, 3.8) is 0 Å². The highest BCUT2D eigenvalue weighted by Gasteiger charge is 2.15. The Morgan fingerprint density at radius 3 is 2.57 bits per heavy atom. The first kappa shape index (κ1) is 13.5. The van der Waals surface area contributed by atoms with Crippen LogP contribution in [0.3, 0.4) is 0 Å². The first-order chi connectivity index (χ1) is 10.1. The van der Waals surface area contributed by atoms with Gasteiger partial charge in [0.15, 0.2) is 0 Å². The number of hydrogen-bond acceptors (Lipinski definition) is 3. The van der Waals surface area contributed by atoms with Crippen LogP contribution in [0.1, 0.15) is 11.1 Å². The number of rotatable bonds is 3. The second-order valence-electron chi connectivity index (χ2n) is 5.13. The first-order valence-corrected chi connectivity index (χ1v) is 6.67.